The van der Waals surface area contributed by atoms with Crippen molar-refractivity contribution in [2.45, 2.75) is 13.5 Å². The molecule has 0 aliphatic rings. The van der Waals surface area contributed by atoms with Crippen LogP contribution in [0.5, 0.6) is 5.75 Å². The van der Waals surface area contributed by atoms with Crippen LogP contribution in [0.25, 0.3) is 6.08 Å². The van der Waals surface area contributed by atoms with Crippen LogP contribution in [0.3, 0.4) is 0 Å². The Morgan fingerprint density at radius 3 is 2.47 bits per heavy atom. The maximum Gasteiger partial charge on any atom is 0.513 e. The summed E-state index contributed by atoms with van der Waals surface area (Å²) in [6.07, 6.45) is 2.38. The highest BCUT2D eigenvalue weighted by Gasteiger charge is 2.10. The largest absolute Gasteiger partial charge is 0.513 e. The molecule has 8 heteroatoms. The molecule has 3 aromatic rings. The molecular formula is C26H23BrN2O5. The van der Waals surface area contributed by atoms with Crippen LogP contribution in [0.4, 0.5) is 10.5 Å². The van der Waals surface area contributed by atoms with Crippen LogP contribution in [0, 0.1) is 0 Å². The fourth-order valence-electron chi connectivity index (χ4n) is 2.95. The first-order valence-electron chi connectivity index (χ1n) is 10.5. The number of hydrogen-bond donors (Lipinski definition) is 2. The van der Waals surface area contributed by atoms with Gasteiger partial charge < -0.3 is 20.1 Å². The van der Waals surface area contributed by atoms with E-state index in [4.69, 9.17) is 9.47 Å². The Morgan fingerprint density at radius 1 is 0.971 bits per heavy atom. The van der Waals surface area contributed by atoms with Crippen LogP contribution in [0.1, 0.15) is 28.4 Å². The minimum Gasteiger partial charge on any atom is -0.434 e. The predicted molar refractivity (Wildman–Crippen MR) is 134 cm³/mol. The fourth-order valence-corrected chi connectivity index (χ4v) is 3.37. The van der Waals surface area contributed by atoms with E-state index in [1.807, 2.05) is 36.4 Å². The molecule has 0 bridgehead atoms. The third kappa shape index (κ3) is 7.60. The second-order valence-corrected chi connectivity index (χ2v) is 7.94. The molecule has 3 aromatic carbocycles. The first kappa shape index (κ1) is 24.7. The molecule has 174 valence electrons. The molecule has 7 nitrogen and oxygen atoms in total. The van der Waals surface area contributed by atoms with E-state index >= 15 is 0 Å². The third-order valence-electron chi connectivity index (χ3n) is 4.57. The zero-order valence-corrected chi connectivity index (χ0v) is 20.0. The highest BCUT2D eigenvalue weighted by Crippen LogP contribution is 2.17. The van der Waals surface area contributed by atoms with E-state index in [2.05, 4.69) is 26.6 Å². The van der Waals surface area contributed by atoms with Gasteiger partial charge in [0.15, 0.2) is 0 Å². The topological polar surface area (TPSA) is 93.7 Å². The summed E-state index contributed by atoms with van der Waals surface area (Å²) in [6.45, 7) is 2.10. The summed E-state index contributed by atoms with van der Waals surface area (Å²) in [5.74, 6) is -0.312. The van der Waals surface area contributed by atoms with E-state index in [-0.39, 0.29) is 30.7 Å². The highest BCUT2D eigenvalue weighted by molar-refractivity contribution is 9.10. The van der Waals surface area contributed by atoms with E-state index in [1.54, 1.807) is 37.3 Å². The van der Waals surface area contributed by atoms with Crippen LogP contribution in [0.15, 0.2) is 83.3 Å². The molecule has 0 atom stereocenters. The van der Waals surface area contributed by atoms with Gasteiger partial charge in [-0.05, 0) is 66.6 Å². The van der Waals surface area contributed by atoms with Crippen LogP contribution in [-0.2, 0) is 16.1 Å². The summed E-state index contributed by atoms with van der Waals surface area (Å²) in [5.41, 5.74) is 2.64. The second-order valence-electron chi connectivity index (χ2n) is 7.03. The monoisotopic (exact) mass is 522 g/mol. The molecule has 0 spiro atoms. The van der Waals surface area contributed by atoms with Crippen molar-refractivity contribution in [3.05, 3.63) is 100 Å². The standard InChI is InChI=1S/C26H23BrN2O5/c1-2-33-26(32)34-22-13-11-19(12-14-22)25(31)28-17-20-7-3-4-9-23(20)29-24(30)15-10-18-6-5-8-21(27)16-18/h3-16H,2,17H2,1H3,(H,28,31)(H,29,30)/b15-10+. The Morgan fingerprint density at radius 2 is 1.74 bits per heavy atom. The summed E-state index contributed by atoms with van der Waals surface area (Å²) in [4.78, 5) is 36.3. The SMILES string of the molecule is CCOC(=O)Oc1ccc(C(=O)NCc2ccccc2NC(=O)/C=C/c2cccc(Br)c2)cc1. The van der Waals surface area contributed by atoms with Gasteiger partial charge in [-0.15, -0.1) is 0 Å². The summed E-state index contributed by atoms with van der Waals surface area (Å²) < 4.78 is 10.6. The smallest absolute Gasteiger partial charge is 0.434 e. The normalized spacial score (nSPS) is 10.5. The Labute approximate surface area is 205 Å². The zero-order valence-electron chi connectivity index (χ0n) is 18.4. The molecule has 34 heavy (non-hydrogen) atoms. The summed E-state index contributed by atoms with van der Waals surface area (Å²) in [5, 5.41) is 5.67. The van der Waals surface area contributed by atoms with Gasteiger partial charge in [-0.1, -0.05) is 46.3 Å². The van der Waals surface area contributed by atoms with Crippen molar-refractivity contribution in [2.75, 3.05) is 11.9 Å². The minimum absolute atomic E-state index is 0.211. The van der Waals surface area contributed by atoms with E-state index in [0.29, 0.717) is 11.3 Å². The van der Waals surface area contributed by atoms with Crippen molar-refractivity contribution < 1.29 is 23.9 Å². The number of hydrogen-bond acceptors (Lipinski definition) is 5. The van der Waals surface area contributed by atoms with Crippen LogP contribution in [0.2, 0.25) is 0 Å². The summed E-state index contributed by atoms with van der Waals surface area (Å²) in [6, 6.07) is 20.9. The lowest BCUT2D eigenvalue weighted by molar-refractivity contribution is -0.111. The quantitative estimate of drug-likeness (QED) is 0.229. The van der Waals surface area contributed by atoms with Crippen molar-refractivity contribution in [2.24, 2.45) is 0 Å². The van der Waals surface area contributed by atoms with Gasteiger partial charge in [0.2, 0.25) is 5.91 Å². The van der Waals surface area contributed by atoms with Gasteiger partial charge in [-0.3, -0.25) is 9.59 Å². The molecule has 2 N–H and O–H groups in total. The van der Waals surface area contributed by atoms with Gasteiger partial charge in [0.05, 0.1) is 6.61 Å². The molecule has 3 rings (SSSR count). The number of rotatable bonds is 8. The molecule has 0 aliphatic carbocycles. The predicted octanol–water partition coefficient (Wildman–Crippen LogP) is 5.57. The first-order chi connectivity index (χ1) is 16.4. The van der Waals surface area contributed by atoms with Gasteiger partial charge in [0, 0.05) is 28.3 Å². The molecule has 0 aromatic heterocycles. The Balaban J connectivity index is 1.58. The Kier molecular flexibility index (Phi) is 8.99. The van der Waals surface area contributed by atoms with Crippen molar-refractivity contribution in [3.8, 4) is 5.75 Å². The number of anilines is 1. The average Bonchev–Trinajstić information content (AvgIpc) is 2.83. The number of amides is 2. The van der Waals surface area contributed by atoms with E-state index in [9.17, 15) is 14.4 Å². The lowest BCUT2D eigenvalue weighted by Gasteiger charge is -2.11. The van der Waals surface area contributed by atoms with Gasteiger partial charge in [-0.2, -0.15) is 0 Å². The summed E-state index contributed by atoms with van der Waals surface area (Å²) >= 11 is 3.40. The molecule has 2 amide bonds. The molecule has 0 unspecified atom stereocenters. The average molecular weight is 523 g/mol. The van der Waals surface area contributed by atoms with E-state index in [1.165, 1.54) is 18.2 Å². The number of carbonyl (C=O) groups is 3. The third-order valence-corrected chi connectivity index (χ3v) is 5.06. The van der Waals surface area contributed by atoms with Crippen molar-refractivity contribution in [3.63, 3.8) is 0 Å². The number of ether oxygens (including phenoxy) is 2. The highest BCUT2D eigenvalue weighted by atomic mass is 79.9. The van der Waals surface area contributed by atoms with Crippen molar-refractivity contribution in [1.82, 2.24) is 5.32 Å². The Hall–Kier alpha value is -3.91. The lowest BCUT2D eigenvalue weighted by atomic mass is 10.1. The number of carbonyl (C=O) groups excluding carboxylic acids is 3. The molecular weight excluding hydrogens is 500 g/mol. The number of halogens is 1. The van der Waals surface area contributed by atoms with Crippen molar-refractivity contribution in [1.29, 1.82) is 0 Å². The van der Waals surface area contributed by atoms with Gasteiger partial charge >= 0.3 is 6.16 Å². The van der Waals surface area contributed by atoms with E-state index < -0.39 is 6.16 Å². The zero-order chi connectivity index (χ0) is 24.3. The number of nitrogens with one attached hydrogen (secondary N) is 2. The Bertz CT molecular complexity index is 1190. The van der Waals surface area contributed by atoms with Gasteiger partial charge in [0.1, 0.15) is 5.75 Å². The van der Waals surface area contributed by atoms with Gasteiger partial charge in [0.25, 0.3) is 5.91 Å². The van der Waals surface area contributed by atoms with Crippen LogP contribution in [-0.4, -0.2) is 24.6 Å². The maximum absolute atomic E-state index is 12.5. The lowest BCUT2D eigenvalue weighted by Crippen LogP contribution is -2.23. The second kappa shape index (κ2) is 12.4. The molecule has 0 fully saturated rings. The maximum atomic E-state index is 12.5. The number of para-hydroxylation sites is 1. The van der Waals surface area contributed by atoms with Gasteiger partial charge in [-0.25, -0.2) is 4.79 Å². The molecule has 0 aliphatic heterocycles. The molecule has 0 saturated heterocycles. The van der Waals surface area contributed by atoms with Crippen LogP contribution < -0.4 is 15.4 Å². The van der Waals surface area contributed by atoms with Crippen molar-refractivity contribution >= 4 is 45.7 Å². The summed E-state index contributed by atoms with van der Waals surface area (Å²) in [7, 11) is 0. The molecule has 0 saturated carbocycles. The molecule has 0 radical (unpaired) electrons. The first-order valence-corrected chi connectivity index (χ1v) is 11.3. The number of benzene rings is 3. The molecule has 0 heterocycles. The minimum atomic E-state index is -0.801. The van der Waals surface area contributed by atoms with Crippen LogP contribution >= 0.6 is 15.9 Å². The fraction of sp³-hybridized carbons (Fsp3) is 0.115. The van der Waals surface area contributed by atoms with E-state index in [0.717, 1.165) is 15.6 Å².